The number of aromatic nitrogens is 1. The normalized spacial score (nSPS) is 11.4. The zero-order valence-corrected chi connectivity index (χ0v) is 14.6. The van der Waals surface area contributed by atoms with Gasteiger partial charge in [0, 0.05) is 23.6 Å². The minimum absolute atomic E-state index is 0.120. The zero-order chi connectivity index (χ0) is 18.2. The first kappa shape index (κ1) is 17.5. The van der Waals surface area contributed by atoms with E-state index >= 15 is 0 Å². The summed E-state index contributed by atoms with van der Waals surface area (Å²) in [4.78, 5) is 16.3. The summed E-state index contributed by atoms with van der Waals surface area (Å²) in [5.41, 5.74) is 2.63. The minimum atomic E-state index is -0.263. The summed E-state index contributed by atoms with van der Waals surface area (Å²) in [5.74, 6) is 0.790. The Labute approximate surface area is 153 Å². The lowest BCUT2D eigenvalue weighted by Gasteiger charge is -2.16. The third kappa shape index (κ3) is 4.83. The van der Waals surface area contributed by atoms with Crippen LogP contribution in [-0.4, -0.2) is 11.0 Å². The second kappa shape index (κ2) is 8.67. The van der Waals surface area contributed by atoms with Crippen molar-refractivity contribution in [2.45, 2.75) is 19.6 Å². The van der Waals surface area contributed by atoms with E-state index in [-0.39, 0.29) is 12.1 Å². The van der Waals surface area contributed by atoms with E-state index in [4.69, 9.17) is 4.74 Å². The molecule has 0 radical (unpaired) electrons. The van der Waals surface area contributed by atoms with Crippen molar-refractivity contribution in [3.05, 3.63) is 90.3 Å². The quantitative estimate of drug-likeness (QED) is 0.688. The van der Waals surface area contributed by atoms with Gasteiger partial charge in [-0.3, -0.25) is 4.98 Å². The molecule has 1 aromatic heterocycles. The number of carbonyl (C=O) groups excluding carboxylic acids is 1. The van der Waals surface area contributed by atoms with Gasteiger partial charge in [0.05, 0.1) is 6.04 Å². The van der Waals surface area contributed by atoms with Gasteiger partial charge in [0.2, 0.25) is 0 Å². The smallest absolute Gasteiger partial charge is 0.319 e. The van der Waals surface area contributed by atoms with E-state index in [0.717, 1.165) is 22.6 Å². The van der Waals surface area contributed by atoms with Gasteiger partial charge in [0.1, 0.15) is 12.4 Å². The topological polar surface area (TPSA) is 63.2 Å². The third-order valence-corrected chi connectivity index (χ3v) is 3.96. The van der Waals surface area contributed by atoms with Crippen LogP contribution in [0.15, 0.2) is 79.1 Å². The van der Waals surface area contributed by atoms with E-state index in [1.54, 1.807) is 12.4 Å². The highest BCUT2D eigenvalue weighted by Crippen LogP contribution is 2.19. The summed E-state index contributed by atoms with van der Waals surface area (Å²) < 4.78 is 5.79. The van der Waals surface area contributed by atoms with Gasteiger partial charge in [0.25, 0.3) is 0 Å². The van der Waals surface area contributed by atoms with Crippen LogP contribution in [0, 0.1) is 0 Å². The Morgan fingerprint density at radius 1 is 1.00 bits per heavy atom. The zero-order valence-electron chi connectivity index (χ0n) is 14.6. The Hall–Kier alpha value is -3.34. The number of nitrogens with zero attached hydrogens (tertiary/aromatic N) is 1. The van der Waals surface area contributed by atoms with Crippen molar-refractivity contribution in [1.29, 1.82) is 0 Å². The molecule has 3 aromatic rings. The number of carbonyl (C=O) groups is 1. The van der Waals surface area contributed by atoms with Crippen molar-refractivity contribution >= 4 is 11.7 Å². The van der Waals surface area contributed by atoms with Crippen LogP contribution in [0.2, 0.25) is 0 Å². The summed E-state index contributed by atoms with van der Waals surface area (Å²) in [6, 6.07) is 20.6. The molecule has 0 spiro atoms. The molecule has 26 heavy (non-hydrogen) atoms. The Kier molecular flexibility index (Phi) is 5.83. The first-order chi connectivity index (χ1) is 12.7. The molecule has 0 saturated carbocycles. The maximum Gasteiger partial charge on any atom is 0.319 e. The predicted octanol–water partition coefficient (Wildman–Crippen LogP) is 4.54. The maximum absolute atomic E-state index is 12.3. The molecule has 1 atom stereocenters. The van der Waals surface area contributed by atoms with Gasteiger partial charge in [-0.15, -0.1) is 0 Å². The number of pyridine rings is 1. The Morgan fingerprint density at radius 2 is 1.69 bits per heavy atom. The van der Waals surface area contributed by atoms with E-state index in [2.05, 4.69) is 15.6 Å². The van der Waals surface area contributed by atoms with Crippen LogP contribution in [0.25, 0.3) is 0 Å². The minimum Gasteiger partial charge on any atom is -0.489 e. The maximum atomic E-state index is 12.3. The van der Waals surface area contributed by atoms with Crippen molar-refractivity contribution in [3.63, 3.8) is 0 Å². The van der Waals surface area contributed by atoms with Crippen LogP contribution in [0.3, 0.4) is 0 Å². The third-order valence-electron chi connectivity index (χ3n) is 3.96. The molecule has 5 heteroatoms. The number of anilines is 1. The molecule has 2 N–H and O–H groups in total. The molecular weight excluding hydrogens is 326 g/mol. The molecule has 3 rings (SSSR count). The lowest BCUT2D eigenvalue weighted by molar-refractivity contribution is 0.249. The number of urea groups is 1. The molecule has 0 fully saturated rings. The number of ether oxygens (including phenoxy) is 1. The molecule has 2 aromatic carbocycles. The summed E-state index contributed by atoms with van der Waals surface area (Å²) in [6.07, 6.45) is 3.42. The van der Waals surface area contributed by atoms with Crippen molar-refractivity contribution < 1.29 is 9.53 Å². The van der Waals surface area contributed by atoms with Crippen LogP contribution >= 0.6 is 0 Å². The van der Waals surface area contributed by atoms with Gasteiger partial charge in [-0.1, -0.05) is 36.4 Å². The Morgan fingerprint density at radius 3 is 2.46 bits per heavy atom. The number of hydrogen-bond donors (Lipinski definition) is 2. The number of benzene rings is 2. The second-order valence-corrected chi connectivity index (χ2v) is 5.86. The molecule has 5 nitrogen and oxygen atoms in total. The molecule has 1 heterocycles. The monoisotopic (exact) mass is 347 g/mol. The van der Waals surface area contributed by atoms with Crippen molar-refractivity contribution in [2.24, 2.45) is 0 Å². The molecule has 2 amide bonds. The van der Waals surface area contributed by atoms with Crippen molar-refractivity contribution in [1.82, 2.24) is 10.3 Å². The standard InChI is InChI=1S/C21H21N3O2/c1-16(17-11-13-22-14-12-17)23-21(25)24-20-10-6-5-7-18(20)15-26-19-8-3-2-4-9-19/h2-14,16H,15H2,1H3,(H2,23,24,25)/t16-/m1/s1. The van der Waals surface area contributed by atoms with Crippen LogP contribution in [0.4, 0.5) is 10.5 Å². The van der Waals surface area contributed by atoms with Crippen LogP contribution in [-0.2, 0) is 6.61 Å². The lowest BCUT2D eigenvalue weighted by atomic mass is 10.1. The van der Waals surface area contributed by atoms with Crippen molar-refractivity contribution in [2.75, 3.05) is 5.32 Å². The molecule has 0 bridgehead atoms. The van der Waals surface area contributed by atoms with Crippen LogP contribution < -0.4 is 15.4 Å². The van der Waals surface area contributed by atoms with Crippen LogP contribution in [0.5, 0.6) is 5.75 Å². The van der Waals surface area contributed by atoms with Gasteiger partial charge in [-0.25, -0.2) is 4.79 Å². The van der Waals surface area contributed by atoms with Gasteiger partial charge in [0.15, 0.2) is 0 Å². The molecule has 0 saturated heterocycles. The number of para-hydroxylation sites is 2. The molecular formula is C21H21N3O2. The molecule has 132 valence electrons. The number of rotatable bonds is 6. The predicted molar refractivity (Wildman–Crippen MR) is 102 cm³/mol. The number of nitrogens with one attached hydrogen (secondary N) is 2. The lowest BCUT2D eigenvalue weighted by Crippen LogP contribution is -2.31. The molecule has 0 aliphatic heterocycles. The van der Waals surface area contributed by atoms with Gasteiger partial charge >= 0.3 is 6.03 Å². The summed E-state index contributed by atoms with van der Waals surface area (Å²) in [5, 5.41) is 5.83. The van der Waals surface area contributed by atoms with Gasteiger partial charge in [-0.2, -0.15) is 0 Å². The van der Waals surface area contributed by atoms with E-state index in [1.165, 1.54) is 0 Å². The summed E-state index contributed by atoms with van der Waals surface area (Å²) in [6.45, 7) is 2.31. The number of amides is 2. The first-order valence-corrected chi connectivity index (χ1v) is 8.45. The van der Waals surface area contributed by atoms with Gasteiger partial charge < -0.3 is 15.4 Å². The average molecular weight is 347 g/mol. The fourth-order valence-electron chi connectivity index (χ4n) is 2.54. The van der Waals surface area contributed by atoms with E-state index in [1.807, 2.05) is 73.7 Å². The molecule has 0 unspecified atom stereocenters. The molecule has 0 aliphatic carbocycles. The highest BCUT2D eigenvalue weighted by atomic mass is 16.5. The Bertz CT molecular complexity index is 838. The van der Waals surface area contributed by atoms with E-state index < -0.39 is 0 Å². The van der Waals surface area contributed by atoms with Crippen molar-refractivity contribution in [3.8, 4) is 5.75 Å². The highest BCUT2D eigenvalue weighted by molar-refractivity contribution is 5.90. The Balaban J connectivity index is 1.61. The van der Waals surface area contributed by atoms with Gasteiger partial charge in [-0.05, 0) is 42.8 Å². The summed E-state index contributed by atoms with van der Waals surface area (Å²) in [7, 11) is 0. The summed E-state index contributed by atoms with van der Waals surface area (Å²) >= 11 is 0. The average Bonchev–Trinajstić information content (AvgIpc) is 2.68. The largest absolute Gasteiger partial charge is 0.489 e. The number of hydrogen-bond acceptors (Lipinski definition) is 3. The second-order valence-electron chi connectivity index (χ2n) is 5.86. The molecule has 0 aliphatic rings. The van der Waals surface area contributed by atoms with Crippen LogP contribution in [0.1, 0.15) is 24.1 Å². The van der Waals surface area contributed by atoms with E-state index in [0.29, 0.717) is 6.61 Å². The fraction of sp³-hybridized carbons (Fsp3) is 0.143. The first-order valence-electron chi connectivity index (χ1n) is 8.45. The fourth-order valence-corrected chi connectivity index (χ4v) is 2.54. The SMILES string of the molecule is C[C@@H](NC(=O)Nc1ccccc1COc1ccccc1)c1ccncc1. The highest BCUT2D eigenvalue weighted by Gasteiger charge is 2.11. The van der Waals surface area contributed by atoms with E-state index in [9.17, 15) is 4.79 Å².